The summed E-state index contributed by atoms with van der Waals surface area (Å²) in [5, 5.41) is 1.14. The van der Waals surface area contributed by atoms with Crippen LogP contribution in [0.4, 0.5) is 5.13 Å². The molecule has 1 saturated heterocycles. The van der Waals surface area contributed by atoms with Gasteiger partial charge in [0.05, 0.1) is 0 Å². The third-order valence-electron chi connectivity index (χ3n) is 2.77. The average molecular weight is 211 g/mol. The minimum atomic E-state index is 0.607. The van der Waals surface area contributed by atoms with Crippen LogP contribution in [0.5, 0.6) is 0 Å². The van der Waals surface area contributed by atoms with Gasteiger partial charge in [0.15, 0.2) is 5.13 Å². The first-order chi connectivity index (χ1) is 6.70. The Morgan fingerprint density at radius 3 is 2.93 bits per heavy atom. The van der Waals surface area contributed by atoms with E-state index in [1.54, 1.807) is 11.3 Å². The molecule has 14 heavy (non-hydrogen) atoms. The number of hydrogen-bond donors (Lipinski definition) is 1. The van der Waals surface area contributed by atoms with Crippen LogP contribution in [0.1, 0.15) is 25.1 Å². The molecule has 2 heterocycles. The highest BCUT2D eigenvalue weighted by molar-refractivity contribution is 7.15. The van der Waals surface area contributed by atoms with Crippen molar-refractivity contribution in [3.8, 4) is 0 Å². The van der Waals surface area contributed by atoms with Crippen molar-refractivity contribution in [1.82, 2.24) is 4.98 Å². The lowest BCUT2D eigenvalue weighted by Gasteiger charge is -2.19. The van der Waals surface area contributed by atoms with E-state index in [1.807, 2.05) is 6.20 Å². The van der Waals surface area contributed by atoms with Gasteiger partial charge in [0.2, 0.25) is 0 Å². The van der Waals surface area contributed by atoms with E-state index in [9.17, 15) is 0 Å². The second-order valence-corrected chi connectivity index (χ2v) is 5.25. The summed E-state index contributed by atoms with van der Waals surface area (Å²) >= 11 is 1.73. The highest BCUT2D eigenvalue weighted by atomic mass is 32.1. The van der Waals surface area contributed by atoms with Gasteiger partial charge < -0.3 is 10.6 Å². The van der Waals surface area contributed by atoms with Crippen molar-refractivity contribution >= 4 is 16.5 Å². The standard InChI is InChI=1S/C10H17N3S/c1-7-3-8(2)13(6-7)10-12-5-9(4-11)14-10/h5,7-8H,3-4,6,11H2,1-2H3. The van der Waals surface area contributed by atoms with Crippen LogP contribution in [0.25, 0.3) is 0 Å². The van der Waals surface area contributed by atoms with E-state index in [-0.39, 0.29) is 0 Å². The van der Waals surface area contributed by atoms with Gasteiger partial charge in [-0.25, -0.2) is 4.98 Å². The van der Waals surface area contributed by atoms with Crippen LogP contribution in [-0.4, -0.2) is 17.6 Å². The number of nitrogens with two attached hydrogens (primary N) is 1. The zero-order valence-electron chi connectivity index (χ0n) is 8.73. The highest BCUT2D eigenvalue weighted by Gasteiger charge is 2.27. The van der Waals surface area contributed by atoms with Crippen LogP contribution < -0.4 is 10.6 Å². The first-order valence-corrected chi connectivity index (χ1v) is 5.93. The first-order valence-electron chi connectivity index (χ1n) is 5.12. The monoisotopic (exact) mass is 211 g/mol. The summed E-state index contributed by atoms with van der Waals surface area (Å²) in [4.78, 5) is 7.99. The van der Waals surface area contributed by atoms with Crippen molar-refractivity contribution in [2.75, 3.05) is 11.4 Å². The Hall–Kier alpha value is -0.610. The number of thiazole rings is 1. The molecular formula is C10H17N3S. The maximum Gasteiger partial charge on any atom is 0.185 e. The van der Waals surface area contributed by atoms with Crippen LogP contribution >= 0.6 is 11.3 Å². The number of nitrogens with zero attached hydrogens (tertiary/aromatic N) is 2. The molecule has 0 aromatic carbocycles. The highest BCUT2D eigenvalue weighted by Crippen LogP contribution is 2.31. The molecule has 2 atom stereocenters. The van der Waals surface area contributed by atoms with Crippen molar-refractivity contribution < 1.29 is 0 Å². The molecule has 2 rings (SSSR count). The number of anilines is 1. The number of aromatic nitrogens is 1. The Morgan fingerprint density at radius 1 is 1.64 bits per heavy atom. The Bertz CT molecular complexity index is 310. The fourth-order valence-corrected chi connectivity index (χ4v) is 2.99. The molecule has 78 valence electrons. The van der Waals surface area contributed by atoms with Gasteiger partial charge in [-0.3, -0.25) is 0 Å². The van der Waals surface area contributed by atoms with E-state index in [4.69, 9.17) is 5.73 Å². The van der Waals surface area contributed by atoms with Gasteiger partial charge in [-0.2, -0.15) is 0 Å². The molecule has 3 nitrogen and oxygen atoms in total. The van der Waals surface area contributed by atoms with Gasteiger partial charge in [0.1, 0.15) is 0 Å². The molecule has 0 spiro atoms. The molecule has 1 aromatic heterocycles. The van der Waals surface area contributed by atoms with Crippen molar-refractivity contribution in [3.05, 3.63) is 11.1 Å². The van der Waals surface area contributed by atoms with Crippen LogP contribution in [0.3, 0.4) is 0 Å². The van der Waals surface area contributed by atoms with Crippen LogP contribution in [0.2, 0.25) is 0 Å². The van der Waals surface area contributed by atoms with Gasteiger partial charge in [0.25, 0.3) is 0 Å². The molecule has 1 aromatic rings. The lowest BCUT2D eigenvalue weighted by molar-refractivity contribution is 0.625. The van der Waals surface area contributed by atoms with Crippen molar-refractivity contribution in [2.45, 2.75) is 32.9 Å². The molecule has 2 N–H and O–H groups in total. The maximum absolute atomic E-state index is 5.58. The van der Waals surface area contributed by atoms with E-state index in [0.29, 0.717) is 12.6 Å². The predicted octanol–water partition coefficient (Wildman–Crippen LogP) is 1.84. The quantitative estimate of drug-likeness (QED) is 0.811. The van der Waals surface area contributed by atoms with Gasteiger partial charge in [0, 0.05) is 30.2 Å². The van der Waals surface area contributed by atoms with Gasteiger partial charge in [-0.1, -0.05) is 6.92 Å². The largest absolute Gasteiger partial charge is 0.345 e. The van der Waals surface area contributed by atoms with Crippen LogP contribution in [-0.2, 0) is 6.54 Å². The molecule has 0 radical (unpaired) electrons. The van der Waals surface area contributed by atoms with E-state index in [0.717, 1.165) is 17.6 Å². The Kier molecular flexibility index (Phi) is 2.74. The summed E-state index contributed by atoms with van der Waals surface area (Å²) in [6, 6.07) is 0.627. The molecular weight excluding hydrogens is 194 g/mol. The molecule has 1 aliphatic heterocycles. The smallest absolute Gasteiger partial charge is 0.185 e. The Morgan fingerprint density at radius 2 is 2.43 bits per heavy atom. The van der Waals surface area contributed by atoms with E-state index in [2.05, 4.69) is 23.7 Å². The van der Waals surface area contributed by atoms with Crippen molar-refractivity contribution in [2.24, 2.45) is 11.7 Å². The normalized spacial score (nSPS) is 27.2. The van der Waals surface area contributed by atoms with Crippen molar-refractivity contribution in [1.29, 1.82) is 0 Å². The Labute approximate surface area is 88.9 Å². The summed E-state index contributed by atoms with van der Waals surface area (Å²) in [5.74, 6) is 0.787. The summed E-state index contributed by atoms with van der Waals surface area (Å²) in [5.41, 5.74) is 5.58. The zero-order chi connectivity index (χ0) is 10.1. The third kappa shape index (κ3) is 1.77. The van der Waals surface area contributed by atoms with Gasteiger partial charge >= 0.3 is 0 Å². The summed E-state index contributed by atoms with van der Waals surface area (Å²) < 4.78 is 0. The summed E-state index contributed by atoms with van der Waals surface area (Å²) in [7, 11) is 0. The second kappa shape index (κ2) is 3.87. The maximum atomic E-state index is 5.58. The molecule has 1 fully saturated rings. The Balaban J connectivity index is 2.14. The number of hydrogen-bond acceptors (Lipinski definition) is 4. The first kappa shape index (κ1) is 9.93. The lowest BCUT2D eigenvalue weighted by Crippen LogP contribution is -2.26. The zero-order valence-corrected chi connectivity index (χ0v) is 9.55. The fourth-order valence-electron chi connectivity index (χ4n) is 2.09. The molecule has 1 aliphatic rings. The fraction of sp³-hybridized carbons (Fsp3) is 0.700. The molecule has 0 aliphatic carbocycles. The summed E-state index contributed by atoms with van der Waals surface area (Å²) in [6.45, 7) is 6.31. The minimum Gasteiger partial charge on any atom is -0.345 e. The van der Waals surface area contributed by atoms with Gasteiger partial charge in [-0.05, 0) is 19.3 Å². The summed E-state index contributed by atoms with van der Waals surface area (Å²) in [6.07, 6.45) is 3.17. The minimum absolute atomic E-state index is 0.607. The SMILES string of the molecule is CC1CC(C)N(c2ncc(CN)s2)C1. The molecule has 0 amide bonds. The molecule has 4 heteroatoms. The van der Waals surface area contributed by atoms with E-state index >= 15 is 0 Å². The van der Waals surface area contributed by atoms with E-state index in [1.165, 1.54) is 11.3 Å². The molecule has 2 unspecified atom stereocenters. The number of rotatable bonds is 2. The average Bonchev–Trinajstić information content (AvgIpc) is 2.71. The van der Waals surface area contributed by atoms with Crippen LogP contribution in [0.15, 0.2) is 6.20 Å². The topological polar surface area (TPSA) is 42.2 Å². The predicted molar refractivity (Wildman–Crippen MR) is 60.6 cm³/mol. The third-order valence-corrected chi connectivity index (χ3v) is 3.83. The van der Waals surface area contributed by atoms with Crippen molar-refractivity contribution in [3.63, 3.8) is 0 Å². The van der Waals surface area contributed by atoms with Crippen LogP contribution in [0, 0.1) is 5.92 Å². The second-order valence-electron chi connectivity index (χ2n) is 4.16. The molecule has 0 bridgehead atoms. The van der Waals surface area contributed by atoms with Gasteiger partial charge in [-0.15, -0.1) is 11.3 Å². The lowest BCUT2D eigenvalue weighted by atomic mass is 10.1. The molecule has 0 saturated carbocycles. The van der Waals surface area contributed by atoms with E-state index < -0.39 is 0 Å².